The van der Waals surface area contributed by atoms with Crippen LogP contribution < -0.4 is 4.90 Å². The van der Waals surface area contributed by atoms with Crippen molar-refractivity contribution in [2.24, 2.45) is 0 Å². The molecule has 5 heteroatoms. The van der Waals surface area contributed by atoms with E-state index in [9.17, 15) is 4.79 Å². The summed E-state index contributed by atoms with van der Waals surface area (Å²) in [4.78, 5) is 12.4. The first-order valence-corrected chi connectivity index (χ1v) is 5.94. The van der Waals surface area contributed by atoms with Crippen LogP contribution in [0.4, 0.5) is 5.69 Å². The molecule has 0 amide bonds. The van der Waals surface area contributed by atoms with Crippen molar-refractivity contribution in [1.29, 1.82) is 5.26 Å². The Morgan fingerprint density at radius 2 is 2.37 bits per heavy atom. The quantitative estimate of drug-likeness (QED) is 0.659. The molecule has 0 radical (unpaired) electrons. The fourth-order valence-corrected chi connectivity index (χ4v) is 2.15. The third-order valence-electron chi connectivity index (χ3n) is 2.98. The van der Waals surface area contributed by atoms with Gasteiger partial charge in [-0.3, -0.25) is 0 Å². The zero-order valence-electron chi connectivity index (χ0n) is 10.5. The molecule has 0 aromatic heterocycles. The van der Waals surface area contributed by atoms with Crippen molar-refractivity contribution in [2.45, 2.75) is 19.4 Å². The molecule has 1 atom stereocenters. The summed E-state index contributed by atoms with van der Waals surface area (Å²) >= 11 is 0. The number of benzene rings is 1. The van der Waals surface area contributed by atoms with Crippen LogP contribution in [0, 0.1) is 11.3 Å². The Kier molecular flexibility index (Phi) is 3.71. The van der Waals surface area contributed by atoms with Crippen molar-refractivity contribution in [3.8, 4) is 6.07 Å². The number of anilines is 1. The van der Waals surface area contributed by atoms with Crippen LogP contribution in [0.25, 0.3) is 0 Å². The summed E-state index contributed by atoms with van der Waals surface area (Å²) in [6.07, 6.45) is 2.46. The van der Waals surface area contributed by atoms with Gasteiger partial charge in [0.15, 0.2) is 6.61 Å². The van der Waals surface area contributed by atoms with Gasteiger partial charge in [0.05, 0.1) is 6.20 Å². The average molecular weight is 258 g/mol. The highest BCUT2D eigenvalue weighted by Crippen LogP contribution is 2.32. The molecule has 0 bridgehead atoms. The highest BCUT2D eigenvalue weighted by molar-refractivity contribution is 5.68. The summed E-state index contributed by atoms with van der Waals surface area (Å²) in [6.45, 7) is 1.53. The second-order valence-electron chi connectivity index (χ2n) is 4.38. The van der Waals surface area contributed by atoms with Crippen molar-refractivity contribution in [3.63, 3.8) is 0 Å². The molecule has 0 saturated heterocycles. The number of carbonyl (C=O) groups is 1. The molecule has 1 aliphatic rings. The fourth-order valence-electron chi connectivity index (χ4n) is 2.15. The molecule has 1 aromatic carbocycles. The van der Waals surface area contributed by atoms with E-state index in [4.69, 9.17) is 15.1 Å². The van der Waals surface area contributed by atoms with Gasteiger partial charge in [-0.15, -0.1) is 0 Å². The number of rotatable bonds is 4. The van der Waals surface area contributed by atoms with E-state index >= 15 is 0 Å². The number of nitrogens with zero attached hydrogens (tertiary/aromatic N) is 2. The van der Waals surface area contributed by atoms with E-state index in [2.05, 4.69) is 0 Å². The fraction of sp³-hybridized carbons (Fsp3) is 0.286. The van der Waals surface area contributed by atoms with Crippen molar-refractivity contribution in [1.82, 2.24) is 0 Å². The molecule has 98 valence electrons. The normalized spacial score (nSPS) is 17.8. The molecule has 0 saturated carbocycles. The van der Waals surface area contributed by atoms with Gasteiger partial charge in [-0.1, -0.05) is 18.2 Å². The van der Waals surface area contributed by atoms with Crippen molar-refractivity contribution in [2.75, 3.05) is 11.5 Å². The zero-order chi connectivity index (χ0) is 13.8. The van der Waals surface area contributed by atoms with E-state index in [0.717, 1.165) is 12.1 Å². The SMILES string of the molecule is CC1Cc2ccccc2N1/C=C(\C#N)OCC(=O)O. The number of fused-ring (bicyclic) bond motifs is 1. The summed E-state index contributed by atoms with van der Waals surface area (Å²) in [5.41, 5.74) is 2.24. The number of ether oxygens (including phenoxy) is 1. The van der Waals surface area contributed by atoms with Gasteiger partial charge in [0, 0.05) is 11.7 Å². The molecule has 0 spiro atoms. The zero-order valence-corrected chi connectivity index (χ0v) is 10.5. The minimum absolute atomic E-state index is 0.00551. The molecule has 0 aliphatic carbocycles. The summed E-state index contributed by atoms with van der Waals surface area (Å²) in [5.74, 6) is -1.10. The molecule has 1 heterocycles. The van der Waals surface area contributed by atoms with E-state index in [1.54, 1.807) is 6.20 Å². The Morgan fingerprint density at radius 1 is 1.63 bits per heavy atom. The molecular weight excluding hydrogens is 244 g/mol. The molecule has 5 nitrogen and oxygen atoms in total. The van der Waals surface area contributed by atoms with Crippen LogP contribution >= 0.6 is 0 Å². The van der Waals surface area contributed by atoms with Crippen LogP contribution in [0.5, 0.6) is 0 Å². The van der Waals surface area contributed by atoms with E-state index in [-0.39, 0.29) is 11.8 Å². The molecule has 0 fully saturated rings. The molecule has 1 aromatic rings. The molecule has 19 heavy (non-hydrogen) atoms. The van der Waals surface area contributed by atoms with Gasteiger partial charge in [-0.25, -0.2) is 4.79 Å². The Bertz CT molecular complexity index is 560. The monoisotopic (exact) mass is 258 g/mol. The number of aliphatic carboxylic acids is 1. The molecule has 1 aliphatic heterocycles. The first-order valence-electron chi connectivity index (χ1n) is 5.94. The van der Waals surface area contributed by atoms with Crippen molar-refractivity contribution < 1.29 is 14.6 Å². The topological polar surface area (TPSA) is 73.6 Å². The van der Waals surface area contributed by atoms with E-state index < -0.39 is 12.6 Å². The number of carboxylic acid groups (broad SMARTS) is 1. The number of hydrogen-bond acceptors (Lipinski definition) is 4. The number of allylic oxidation sites excluding steroid dienone is 1. The smallest absolute Gasteiger partial charge is 0.341 e. The summed E-state index contributed by atoms with van der Waals surface area (Å²) in [5, 5.41) is 17.5. The van der Waals surface area contributed by atoms with E-state index in [0.29, 0.717) is 0 Å². The predicted molar refractivity (Wildman–Crippen MR) is 69.4 cm³/mol. The van der Waals surface area contributed by atoms with Gasteiger partial charge < -0.3 is 14.7 Å². The third-order valence-corrected chi connectivity index (χ3v) is 2.98. The predicted octanol–water partition coefficient (Wildman–Crippen LogP) is 1.90. The van der Waals surface area contributed by atoms with Crippen LogP contribution in [0.1, 0.15) is 12.5 Å². The third kappa shape index (κ3) is 2.86. The minimum Gasteiger partial charge on any atom is -0.479 e. The first kappa shape index (κ1) is 13.0. The van der Waals surface area contributed by atoms with Crippen LogP contribution in [0.3, 0.4) is 0 Å². The highest BCUT2D eigenvalue weighted by Gasteiger charge is 2.24. The van der Waals surface area contributed by atoms with Crippen LogP contribution in [-0.2, 0) is 16.0 Å². The number of para-hydroxylation sites is 1. The highest BCUT2D eigenvalue weighted by atomic mass is 16.5. The van der Waals surface area contributed by atoms with Gasteiger partial charge >= 0.3 is 5.97 Å². The summed E-state index contributed by atoms with van der Waals surface area (Å²) in [7, 11) is 0. The lowest BCUT2D eigenvalue weighted by Gasteiger charge is -2.20. The summed E-state index contributed by atoms with van der Waals surface area (Å²) in [6, 6.07) is 10.0. The Balaban J connectivity index is 2.21. The van der Waals surface area contributed by atoms with Gasteiger partial charge in [-0.2, -0.15) is 5.26 Å². The lowest BCUT2D eigenvalue weighted by molar-refractivity contribution is -0.140. The standard InChI is InChI=1S/C14H14N2O3/c1-10-6-11-4-2-3-5-13(11)16(10)8-12(7-15)19-9-14(17)18/h2-5,8,10H,6,9H2,1H3,(H,17,18)/b12-8+. The van der Waals surface area contributed by atoms with Gasteiger partial charge in [0.1, 0.15) is 6.07 Å². The van der Waals surface area contributed by atoms with Gasteiger partial charge in [-0.05, 0) is 25.0 Å². The molecular formula is C14H14N2O3. The van der Waals surface area contributed by atoms with Crippen molar-refractivity contribution >= 4 is 11.7 Å². The molecule has 2 rings (SSSR count). The van der Waals surface area contributed by atoms with E-state index in [1.165, 1.54) is 5.56 Å². The van der Waals surface area contributed by atoms with Gasteiger partial charge in [0.25, 0.3) is 0 Å². The lowest BCUT2D eigenvalue weighted by Crippen LogP contribution is -2.24. The minimum atomic E-state index is -1.10. The first-order chi connectivity index (χ1) is 9.11. The van der Waals surface area contributed by atoms with Crippen molar-refractivity contribution in [3.05, 3.63) is 41.8 Å². The number of nitriles is 1. The van der Waals surface area contributed by atoms with Crippen LogP contribution in [0.2, 0.25) is 0 Å². The molecule has 1 unspecified atom stereocenters. The maximum atomic E-state index is 10.4. The molecule has 1 N–H and O–H groups in total. The maximum absolute atomic E-state index is 10.4. The maximum Gasteiger partial charge on any atom is 0.341 e. The second kappa shape index (κ2) is 5.44. The largest absolute Gasteiger partial charge is 0.479 e. The number of carboxylic acids is 1. The Labute approximate surface area is 111 Å². The van der Waals surface area contributed by atoms with Crippen LogP contribution in [0.15, 0.2) is 36.2 Å². The summed E-state index contributed by atoms with van der Waals surface area (Å²) < 4.78 is 4.94. The Hall–Kier alpha value is -2.48. The van der Waals surface area contributed by atoms with Gasteiger partial charge in [0.2, 0.25) is 5.76 Å². The van der Waals surface area contributed by atoms with E-state index in [1.807, 2.05) is 42.2 Å². The average Bonchev–Trinajstić information content (AvgIpc) is 2.70. The number of hydrogen-bond donors (Lipinski definition) is 1. The lowest BCUT2D eigenvalue weighted by atomic mass is 10.1. The second-order valence-corrected chi connectivity index (χ2v) is 4.38. The Morgan fingerprint density at radius 3 is 3.05 bits per heavy atom. The van der Waals surface area contributed by atoms with Crippen LogP contribution in [-0.4, -0.2) is 23.7 Å².